The van der Waals surface area contributed by atoms with Gasteiger partial charge in [0.1, 0.15) is 17.0 Å². The van der Waals surface area contributed by atoms with Gasteiger partial charge in [-0.05, 0) is 18.6 Å². The topological polar surface area (TPSA) is 96.2 Å². The molecule has 1 aliphatic heterocycles. The minimum Gasteiger partial charge on any atom is -0.441 e. The molecule has 0 radical (unpaired) electrons. The number of hydrogen-bond acceptors (Lipinski definition) is 7. The Bertz CT molecular complexity index is 1020. The Balaban J connectivity index is 1.38. The first-order chi connectivity index (χ1) is 13.9. The van der Waals surface area contributed by atoms with Gasteiger partial charge < -0.3 is 20.0 Å². The van der Waals surface area contributed by atoms with Gasteiger partial charge in [-0.1, -0.05) is 13.8 Å². The molecule has 1 saturated heterocycles. The molecular formula is C21H26N6O2. The molecule has 0 saturated carbocycles. The summed E-state index contributed by atoms with van der Waals surface area (Å²) in [7, 11) is 0. The number of rotatable bonds is 6. The number of amides is 1. The van der Waals surface area contributed by atoms with Crippen molar-refractivity contribution in [3.05, 3.63) is 41.7 Å². The van der Waals surface area contributed by atoms with Crippen LogP contribution in [-0.2, 0) is 0 Å². The van der Waals surface area contributed by atoms with Crippen LogP contribution in [0.1, 0.15) is 35.8 Å². The number of nitrogens with one attached hydrogen (secondary N) is 2. The van der Waals surface area contributed by atoms with E-state index in [9.17, 15) is 4.79 Å². The average molecular weight is 394 g/mol. The lowest BCUT2D eigenvalue weighted by Crippen LogP contribution is -2.52. The molecule has 0 aliphatic carbocycles. The van der Waals surface area contributed by atoms with Gasteiger partial charge in [0.2, 0.25) is 0 Å². The number of oxazole rings is 1. The third-order valence-electron chi connectivity index (χ3n) is 5.02. The number of benzene rings is 1. The zero-order valence-corrected chi connectivity index (χ0v) is 17.2. The van der Waals surface area contributed by atoms with E-state index < -0.39 is 0 Å². The van der Waals surface area contributed by atoms with Gasteiger partial charge in [-0.15, -0.1) is 0 Å². The Kier molecular flexibility index (Phi) is 5.19. The third kappa shape index (κ3) is 4.22. The largest absolute Gasteiger partial charge is 0.441 e. The molecule has 0 unspecified atom stereocenters. The lowest BCUT2D eigenvalue weighted by molar-refractivity contribution is 0.102. The molecule has 8 nitrogen and oxygen atoms in total. The maximum atomic E-state index is 12.6. The summed E-state index contributed by atoms with van der Waals surface area (Å²) in [4.78, 5) is 27.8. The molecule has 0 atom stereocenters. The molecule has 3 aromatic rings. The van der Waals surface area contributed by atoms with Crippen LogP contribution in [0.15, 0.2) is 28.9 Å². The molecule has 2 aromatic heterocycles. The predicted molar refractivity (Wildman–Crippen MR) is 112 cm³/mol. The SMILES string of the molecule is Cc1nc2c(C)cc(NC(=O)c3cnc(N4CC(CNC(C)C)C4)cn3)cc2o1. The van der Waals surface area contributed by atoms with Gasteiger partial charge in [-0.3, -0.25) is 4.79 Å². The zero-order chi connectivity index (χ0) is 20.5. The zero-order valence-electron chi connectivity index (χ0n) is 17.2. The van der Waals surface area contributed by atoms with Crippen molar-refractivity contribution in [1.29, 1.82) is 0 Å². The molecule has 152 valence electrons. The Hall–Kier alpha value is -3.00. The van der Waals surface area contributed by atoms with Crippen molar-refractivity contribution >= 4 is 28.5 Å². The van der Waals surface area contributed by atoms with E-state index in [1.807, 2.05) is 13.0 Å². The van der Waals surface area contributed by atoms with Crippen molar-refractivity contribution in [2.24, 2.45) is 5.92 Å². The van der Waals surface area contributed by atoms with Crippen LogP contribution in [-0.4, -0.2) is 46.5 Å². The standard InChI is InChI=1S/C21H26N6O2/c1-12(2)22-7-15-10-27(11-15)19-9-23-17(8-24-19)21(28)26-16-5-13(3)20-18(6-16)29-14(4)25-20/h5-6,8-9,12,15,22H,7,10-11H2,1-4H3,(H,26,28). The van der Waals surface area contributed by atoms with Crippen molar-refractivity contribution in [3.8, 4) is 0 Å². The van der Waals surface area contributed by atoms with Gasteiger partial charge in [0.25, 0.3) is 5.91 Å². The lowest BCUT2D eigenvalue weighted by Gasteiger charge is -2.40. The summed E-state index contributed by atoms with van der Waals surface area (Å²) >= 11 is 0. The fraction of sp³-hybridized carbons (Fsp3) is 0.429. The number of anilines is 2. The molecule has 8 heteroatoms. The fourth-order valence-electron chi connectivity index (χ4n) is 3.47. The monoisotopic (exact) mass is 394 g/mol. The second-order valence-electron chi connectivity index (χ2n) is 7.92. The summed E-state index contributed by atoms with van der Waals surface area (Å²) in [6.45, 7) is 11.0. The third-order valence-corrected chi connectivity index (χ3v) is 5.02. The summed E-state index contributed by atoms with van der Waals surface area (Å²) in [6.07, 6.45) is 3.18. The molecule has 1 fully saturated rings. The summed E-state index contributed by atoms with van der Waals surface area (Å²) in [6, 6.07) is 4.14. The highest BCUT2D eigenvalue weighted by Crippen LogP contribution is 2.25. The van der Waals surface area contributed by atoms with Crippen LogP contribution in [0, 0.1) is 19.8 Å². The number of aryl methyl sites for hydroxylation is 2. The summed E-state index contributed by atoms with van der Waals surface area (Å²) in [5, 5.41) is 6.32. The first kappa shape index (κ1) is 19.3. The number of hydrogen-bond donors (Lipinski definition) is 2. The molecule has 1 amide bonds. The van der Waals surface area contributed by atoms with E-state index in [0.717, 1.165) is 36.5 Å². The molecular weight excluding hydrogens is 368 g/mol. The number of fused-ring (bicyclic) bond motifs is 1. The minimum atomic E-state index is -0.304. The molecule has 4 rings (SSSR count). The van der Waals surface area contributed by atoms with Gasteiger partial charge in [0.05, 0.1) is 12.4 Å². The first-order valence-corrected chi connectivity index (χ1v) is 9.88. The minimum absolute atomic E-state index is 0.277. The second kappa shape index (κ2) is 7.79. The highest BCUT2D eigenvalue weighted by molar-refractivity contribution is 6.03. The first-order valence-electron chi connectivity index (χ1n) is 9.88. The molecule has 29 heavy (non-hydrogen) atoms. The molecule has 1 aliphatic rings. The second-order valence-corrected chi connectivity index (χ2v) is 7.92. The lowest BCUT2D eigenvalue weighted by atomic mass is 10.00. The maximum absolute atomic E-state index is 12.6. The van der Waals surface area contributed by atoms with E-state index in [1.54, 1.807) is 19.2 Å². The number of carbonyl (C=O) groups is 1. The quantitative estimate of drug-likeness (QED) is 0.663. The fourth-order valence-corrected chi connectivity index (χ4v) is 3.47. The summed E-state index contributed by atoms with van der Waals surface area (Å²) in [5.74, 6) is 1.72. The Labute approximate surface area is 169 Å². The van der Waals surface area contributed by atoms with E-state index in [-0.39, 0.29) is 11.6 Å². The van der Waals surface area contributed by atoms with E-state index in [0.29, 0.717) is 29.1 Å². The van der Waals surface area contributed by atoms with Gasteiger partial charge in [-0.25, -0.2) is 15.0 Å². The van der Waals surface area contributed by atoms with Gasteiger partial charge in [-0.2, -0.15) is 0 Å². The molecule has 0 spiro atoms. The van der Waals surface area contributed by atoms with Crippen LogP contribution in [0.5, 0.6) is 0 Å². The molecule has 1 aromatic carbocycles. The van der Waals surface area contributed by atoms with E-state index in [1.165, 1.54) is 6.20 Å². The van der Waals surface area contributed by atoms with Crippen LogP contribution < -0.4 is 15.5 Å². The summed E-state index contributed by atoms with van der Waals surface area (Å²) < 4.78 is 5.58. The van der Waals surface area contributed by atoms with Crippen LogP contribution in [0.25, 0.3) is 11.1 Å². The predicted octanol–water partition coefficient (Wildman–Crippen LogP) is 2.92. The van der Waals surface area contributed by atoms with Crippen molar-refractivity contribution in [2.45, 2.75) is 33.7 Å². The maximum Gasteiger partial charge on any atom is 0.275 e. The number of nitrogens with zero attached hydrogens (tertiary/aromatic N) is 4. The molecule has 0 bridgehead atoms. The van der Waals surface area contributed by atoms with E-state index >= 15 is 0 Å². The van der Waals surface area contributed by atoms with Crippen LogP contribution >= 0.6 is 0 Å². The van der Waals surface area contributed by atoms with Crippen LogP contribution in [0.4, 0.5) is 11.5 Å². The molecule has 3 heterocycles. The average Bonchev–Trinajstić information content (AvgIpc) is 3.01. The Morgan fingerprint density at radius 2 is 2.03 bits per heavy atom. The van der Waals surface area contributed by atoms with Crippen molar-refractivity contribution < 1.29 is 9.21 Å². The highest BCUT2D eigenvalue weighted by atomic mass is 16.3. The highest BCUT2D eigenvalue weighted by Gasteiger charge is 2.27. The number of aromatic nitrogens is 3. The van der Waals surface area contributed by atoms with Crippen molar-refractivity contribution in [3.63, 3.8) is 0 Å². The van der Waals surface area contributed by atoms with Crippen LogP contribution in [0.2, 0.25) is 0 Å². The number of carbonyl (C=O) groups excluding carboxylic acids is 1. The van der Waals surface area contributed by atoms with E-state index in [4.69, 9.17) is 4.42 Å². The normalized spacial score (nSPS) is 14.4. The van der Waals surface area contributed by atoms with Crippen molar-refractivity contribution in [2.75, 3.05) is 29.9 Å². The Morgan fingerprint density at radius 3 is 2.72 bits per heavy atom. The Morgan fingerprint density at radius 1 is 1.24 bits per heavy atom. The van der Waals surface area contributed by atoms with Gasteiger partial charge in [0.15, 0.2) is 11.5 Å². The van der Waals surface area contributed by atoms with Crippen LogP contribution in [0.3, 0.4) is 0 Å². The molecule has 2 N–H and O–H groups in total. The van der Waals surface area contributed by atoms with E-state index in [2.05, 4.69) is 44.3 Å². The summed E-state index contributed by atoms with van der Waals surface area (Å²) in [5.41, 5.74) is 3.32. The van der Waals surface area contributed by atoms with Gasteiger partial charge >= 0.3 is 0 Å². The van der Waals surface area contributed by atoms with Crippen molar-refractivity contribution in [1.82, 2.24) is 20.3 Å². The van der Waals surface area contributed by atoms with Gasteiger partial charge in [0, 0.05) is 50.3 Å². The smallest absolute Gasteiger partial charge is 0.275 e.